The molecule has 0 unspecified atom stereocenters. The van der Waals surface area contributed by atoms with E-state index in [1.54, 1.807) is 32.5 Å². The second-order valence-electron chi connectivity index (χ2n) is 5.94. The molecule has 0 aromatic heterocycles. The van der Waals surface area contributed by atoms with Crippen LogP contribution >= 0.6 is 11.8 Å². The first-order valence-corrected chi connectivity index (χ1v) is 8.11. The number of carbonyl (C=O) groups excluding carboxylic acids is 1. The van der Waals surface area contributed by atoms with Crippen molar-refractivity contribution in [2.24, 2.45) is 5.41 Å². The highest BCUT2D eigenvalue weighted by molar-refractivity contribution is 7.98. The van der Waals surface area contributed by atoms with Crippen LogP contribution in [-0.4, -0.2) is 28.8 Å². The Morgan fingerprint density at radius 3 is 2.38 bits per heavy atom. The molecule has 2 N–H and O–H groups in total. The van der Waals surface area contributed by atoms with Crippen LogP contribution in [-0.2, 0) is 15.3 Å². The van der Waals surface area contributed by atoms with E-state index in [0.717, 1.165) is 5.75 Å². The van der Waals surface area contributed by atoms with Gasteiger partial charge in [0.25, 0.3) is 0 Å². The molecule has 0 fully saturated rings. The molecule has 0 aliphatic heterocycles. The monoisotopic (exact) mass is 309 g/mol. The Hall–Kier alpha value is -1.49. The first-order chi connectivity index (χ1) is 9.80. The van der Waals surface area contributed by atoms with Gasteiger partial charge in [-0.05, 0) is 17.7 Å². The number of hydrogen-bond acceptors (Lipinski definition) is 3. The van der Waals surface area contributed by atoms with E-state index >= 15 is 0 Å². The largest absolute Gasteiger partial charge is 0.480 e. The Balaban J connectivity index is 2.38. The van der Waals surface area contributed by atoms with Gasteiger partial charge in [-0.25, -0.2) is 4.79 Å². The number of benzene rings is 1. The van der Waals surface area contributed by atoms with Crippen molar-refractivity contribution in [1.82, 2.24) is 5.32 Å². The van der Waals surface area contributed by atoms with E-state index in [0.29, 0.717) is 12.2 Å². The van der Waals surface area contributed by atoms with Crippen molar-refractivity contribution in [2.45, 2.75) is 39.0 Å². The molecule has 0 radical (unpaired) electrons. The third kappa shape index (κ3) is 6.67. The molecule has 4 nitrogen and oxygen atoms in total. The normalized spacial score (nSPS) is 12.7. The third-order valence-electron chi connectivity index (χ3n) is 2.95. The van der Waals surface area contributed by atoms with Crippen LogP contribution in [0.15, 0.2) is 30.3 Å². The number of carboxylic acid groups (broad SMARTS) is 1. The van der Waals surface area contributed by atoms with Gasteiger partial charge in [-0.3, -0.25) is 4.79 Å². The van der Waals surface area contributed by atoms with E-state index in [2.05, 4.69) is 5.32 Å². The van der Waals surface area contributed by atoms with Crippen molar-refractivity contribution in [3.05, 3.63) is 35.9 Å². The minimum Gasteiger partial charge on any atom is -0.480 e. The lowest BCUT2D eigenvalue weighted by atomic mass is 9.95. The highest BCUT2D eigenvalue weighted by Gasteiger charge is 2.26. The molecule has 0 aliphatic carbocycles. The predicted molar refractivity (Wildman–Crippen MR) is 86.2 cm³/mol. The molecule has 116 valence electrons. The quantitative estimate of drug-likeness (QED) is 0.760. The summed E-state index contributed by atoms with van der Waals surface area (Å²) in [6.45, 7) is 5.31. The number of carboxylic acids is 1. The predicted octanol–water partition coefficient (Wildman–Crippen LogP) is 2.93. The highest BCUT2D eigenvalue weighted by Crippen LogP contribution is 2.16. The van der Waals surface area contributed by atoms with Gasteiger partial charge in [0.2, 0.25) is 5.91 Å². The SMILES string of the molecule is CC(C)(C)C(=O)N[C@@H](CCSCc1ccccc1)C(=O)O. The van der Waals surface area contributed by atoms with Crippen LogP contribution in [0.5, 0.6) is 0 Å². The van der Waals surface area contributed by atoms with Crippen LogP contribution in [0.25, 0.3) is 0 Å². The first-order valence-electron chi connectivity index (χ1n) is 6.96. The van der Waals surface area contributed by atoms with E-state index in [-0.39, 0.29) is 5.91 Å². The molecule has 1 rings (SSSR count). The van der Waals surface area contributed by atoms with E-state index in [4.69, 9.17) is 0 Å². The summed E-state index contributed by atoms with van der Waals surface area (Å²) in [6.07, 6.45) is 0.425. The van der Waals surface area contributed by atoms with Gasteiger partial charge in [-0.2, -0.15) is 11.8 Å². The van der Waals surface area contributed by atoms with Gasteiger partial charge in [0, 0.05) is 11.2 Å². The Morgan fingerprint density at radius 1 is 1.24 bits per heavy atom. The average molecular weight is 309 g/mol. The van der Waals surface area contributed by atoms with Gasteiger partial charge in [-0.1, -0.05) is 51.1 Å². The lowest BCUT2D eigenvalue weighted by Crippen LogP contribution is -2.46. The molecule has 21 heavy (non-hydrogen) atoms. The zero-order chi connectivity index (χ0) is 15.9. The maximum atomic E-state index is 11.9. The van der Waals surface area contributed by atoms with Crippen molar-refractivity contribution in [3.8, 4) is 0 Å². The zero-order valence-electron chi connectivity index (χ0n) is 12.8. The molecule has 1 amide bonds. The van der Waals surface area contributed by atoms with Crippen molar-refractivity contribution in [2.75, 3.05) is 5.75 Å². The molecule has 0 aliphatic rings. The summed E-state index contributed by atoms with van der Waals surface area (Å²) in [5, 5.41) is 11.8. The fourth-order valence-corrected chi connectivity index (χ4v) is 2.57. The minimum absolute atomic E-state index is 0.233. The topological polar surface area (TPSA) is 66.4 Å². The maximum Gasteiger partial charge on any atom is 0.326 e. The van der Waals surface area contributed by atoms with Crippen LogP contribution in [0.3, 0.4) is 0 Å². The smallest absolute Gasteiger partial charge is 0.326 e. The third-order valence-corrected chi connectivity index (χ3v) is 4.01. The minimum atomic E-state index is -0.979. The summed E-state index contributed by atoms with van der Waals surface area (Å²) in [4.78, 5) is 23.1. The molecule has 0 heterocycles. The molecule has 1 atom stereocenters. The number of amides is 1. The molecule has 0 saturated heterocycles. The maximum absolute atomic E-state index is 11.9. The fraction of sp³-hybridized carbons (Fsp3) is 0.500. The standard InChI is InChI=1S/C16H23NO3S/c1-16(2,3)15(20)17-13(14(18)19)9-10-21-11-12-7-5-4-6-8-12/h4-8,13H,9-11H2,1-3H3,(H,17,20)(H,18,19)/t13-/m0/s1. The van der Waals surface area contributed by atoms with E-state index < -0.39 is 17.4 Å². The number of aliphatic carboxylic acids is 1. The van der Waals surface area contributed by atoms with E-state index in [1.165, 1.54) is 5.56 Å². The number of hydrogen-bond donors (Lipinski definition) is 2. The van der Waals surface area contributed by atoms with Crippen LogP contribution in [0.2, 0.25) is 0 Å². The van der Waals surface area contributed by atoms with Crippen molar-refractivity contribution >= 4 is 23.6 Å². The lowest BCUT2D eigenvalue weighted by Gasteiger charge is -2.21. The fourth-order valence-electron chi connectivity index (χ4n) is 1.60. The van der Waals surface area contributed by atoms with Crippen LogP contribution in [0, 0.1) is 5.41 Å². The van der Waals surface area contributed by atoms with Gasteiger partial charge in [0.15, 0.2) is 0 Å². The Morgan fingerprint density at radius 2 is 1.86 bits per heavy atom. The van der Waals surface area contributed by atoms with Gasteiger partial charge < -0.3 is 10.4 Å². The second-order valence-corrected chi connectivity index (χ2v) is 7.05. The summed E-state index contributed by atoms with van der Waals surface area (Å²) >= 11 is 1.67. The summed E-state index contributed by atoms with van der Waals surface area (Å²) in [7, 11) is 0. The van der Waals surface area contributed by atoms with Crippen molar-refractivity contribution in [3.63, 3.8) is 0 Å². The number of rotatable bonds is 7. The summed E-state index contributed by atoms with van der Waals surface area (Å²) in [6, 6.07) is 9.21. The molecule has 0 saturated carbocycles. The zero-order valence-corrected chi connectivity index (χ0v) is 13.6. The van der Waals surface area contributed by atoms with Crippen molar-refractivity contribution in [1.29, 1.82) is 0 Å². The van der Waals surface area contributed by atoms with E-state index in [9.17, 15) is 14.7 Å². The van der Waals surface area contributed by atoms with Gasteiger partial charge in [-0.15, -0.1) is 0 Å². The Bertz CT molecular complexity index is 468. The van der Waals surface area contributed by atoms with Crippen LogP contribution in [0.4, 0.5) is 0 Å². The molecular formula is C16H23NO3S. The number of carbonyl (C=O) groups is 2. The molecule has 1 aromatic carbocycles. The Kier molecular flexibility index (Phi) is 6.75. The second kappa shape index (κ2) is 8.08. The summed E-state index contributed by atoms with van der Waals surface area (Å²) < 4.78 is 0. The van der Waals surface area contributed by atoms with Gasteiger partial charge in [0.1, 0.15) is 6.04 Å². The number of thioether (sulfide) groups is 1. The summed E-state index contributed by atoms with van der Waals surface area (Å²) in [5.74, 6) is 0.326. The van der Waals surface area contributed by atoms with E-state index in [1.807, 2.05) is 30.3 Å². The van der Waals surface area contributed by atoms with Gasteiger partial charge >= 0.3 is 5.97 Å². The molecular weight excluding hydrogens is 286 g/mol. The lowest BCUT2D eigenvalue weighted by molar-refractivity contribution is -0.143. The van der Waals surface area contributed by atoms with Crippen LogP contribution < -0.4 is 5.32 Å². The molecule has 0 bridgehead atoms. The molecule has 5 heteroatoms. The van der Waals surface area contributed by atoms with Crippen LogP contribution in [0.1, 0.15) is 32.8 Å². The number of nitrogens with one attached hydrogen (secondary N) is 1. The summed E-state index contributed by atoms with van der Waals surface area (Å²) in [5.41, 5.74) is 0.637. The van der Waals surface area contributed by atoms with Crippen molar-refractivity contribution < 1.29 is 14.7 Å². The van der Waals surface area contributed by atoms with Gasteiger partial charge in [0.05, 0.1) is 0 Å². The molecule has 0 spiro atoms. The highest BCUT2D eigenvalue weighted by atomic mass is 32.2. The average Bonchev–Trinajstić information content (AvgIpc) is 2.41. The molecule has 1 aromatic rings. The first kappa shape index (κ1) is 17.6. The Labute approximate surface area is 130 Å².